The fraction of sp³-hybridized carbons (Fsp3) is 0.368. The first kappa shape index (κ1) is 16.5. The summed E-state index contributed by atoms with van der Waals surface area (Å²) in [7, 11) is 0. The van der Waals surface area contributed by atoms with Gasteiger partial charge in [-0.1, -0.05) is 30.3 Å². The van der Waals surface area contributed by atoms with Gasteiger partial charge in [0, 0.05) is 19.3 Å². The van der Waals surface area contributed by atoms with Gasteiger partial charge in [-0.2, -0.15) is 0 Å². The van der Waals surface area contributed by atoms with E-state index in [9.17, 15) is 9.59 Å². The smallest absolute Gasteiger partial charge is 0.260 e. The van der Waals surface area contributed by atoms with E-state index in [4.69, 9.17) is 4.74 Å². The summed E-state index contributed by atoms with van der Waals surface area (Å²) in [5, 5.41) is 0. The van der Waals surface area contributed by atoms with Gasteiger partial charge in [0.2, 0.25) is 0 Å². The van der Waals surface area contributed by atoms with Crippen molar-refractivity contribution in [3.05, 3.63) is 70.1 Å². The Balaban J connectivity index is 1.53. The first-order valence-corrected chi connectivity index (χ1v) is 8.32. The van der Waals surface area contributed by atoms with Crippen LogP contribution in [0.3, 0.4) is 0 Å². The molecule has 0 spiro atoms. The number of H-pyrrole nitrogens is 1. The Bertz CT molecular complexity index is 727. The molecule has 0 aliphatic carbocycles. The highest BCUT2D eigenvalue weighted by Crippen LogP contribution is 2.18. The molecule has 0 bridgehead atoms. The quantitative estimate of drug-likeness (QED) is 0.918. The maximum atomic E-state index is 12.5. The number of carbonyl (C=O) groups excluding carboxylic acids is 1. The molecule has 1 aliphatic rings. The first-order valence-electron chi connectivity index (χ1n) is 8.32. The molecule has 0 radical (unpaired) electrons. The Morgan fingerprint density at radius 1 is 1.21 bits per heavy atom. The van der Waals surface area contributed by atoms with Gasteiger partial charge in [-0.05, 0) is 36.5 Å². The summed E-state index contributed by atoms with van der Waals surface area (Å²) in [6.45, 7) is 2.55. The highest BCUT2D eigenvalue weighted by molar-refractivity contribution is 5.93. The molecule has 5 heteroatoms. The lowest BCUT2D eigenvalue weighted by Gasteiger charge is -2.32. The van der Waals surface area contributed by atoms with Crippen LogP contribution < -0.4 is 5.56 Å². The minimum atomic E-state index is -0.329. The summed E-state index contributed by atoms with van der Waals surface area (Å²) in [5.41, 5.74) is 1.03. The number of benzene rings is 1. The van der Waals surface area contributed by atoms with E-state index in [2.05, 4.69) is 4.98 Å². The number of aromatic nitrogens is 1. The summed E-state index contributed by atoms with van der Waals surface area (Å²) in [4.78, 5) is 28.6. The van der Waals surface area contributed by atoms with Gasteiger partial charge in [-0.25, -0.2) is 0 Å². The summed E-state index contributed by atoms with van der Waals surface area (Å²) in [6, 6.07) is 13.3. The lowest BCUT2D eigenvalue weighted by molar-refractivity contribution is 0.0424. The number of carbonyl (C=O) groups is 1. The van der Waals surface area contributed by atoms with E-state index >= 15 is 0 Å². The molecular weight excluding hydrogens is 304 g/mol. The second-order valence-corrected chi connectivity index (χ2v) is 6.17. The number of likely N-dealkylation sites (tertiary alicyclic amines) is 1. The molecule has 1 atom stereocenters. The van der Waals surface area contributed by atoms with Crippen LogP contribution in [0.25, 0.3) is 0 Å². The molecule has 2 aromatic rings. The van der Waals surface area contributed by atoms with Crippen LogP contribution in [-0.4, -0.2) is 35.5 Å². The number of nitrogens with zero attached hydrogens (tertiary/aromatic N) is 1. The van der Waals surface area contributed by atoms with Gasteiger partial charge in [0.1, 0.15) is 5.56 Å². The van der Waals surface area contributed by atoms with E-state index in [1.54, 1.807) is 17.0 Å². The van der Waals surface area contributed by atoms with Crippen LogP contribution in [0, 0.1) is 5.92 Å². The average molecular weight is 326 g/mol. The maximum absolute atomic E-state index is 12.5. The Hall–Kier alpha value is -2.40. The molecule has 1 unspecified atom stereocenters. The van der Waals surface area contributed by atoms with E-state index < -0.39 is 0 Å². The van der Waals surface area contributed by atoms with Crippen molar-refractivity contribution >= 4 is 5.91 Å². The highest BCUT2D eigenvalue weighted by atomic mass is 16.5. The molecule has 1 saturated heterocycles. The van der Waals surface area contributed by atoms with Crippen LogP contribution in [0.15, 0.2) is 53.5 Å². The van der Waals surface area contributed by atoms with Gasteiger partial charge in [0.05, 0.1) is 13.2 Å². The van der Waals surface area contributed by atoms with E-state index in [0.29, 0.717) is 32.2 Å². The molecule has 126 valence electrons. The normalized spacial score (nSPS) is 17.7. The molecule has 24 heavy (non-hydrogen) atoms. The number of amides is 1. The van der Waals surface area contributed by atoms with Crippen LogP contribution in [0.2, 0.25) is 0 Å². The van der Waals surface area contributed by atoms with Crippen molar-refractivity contribution in [2.45, 2.75) is 19.4 Å². The Kier molecular flexibility index (Phi) is 5.43. The van der Waals surface area contributed by atoms with Gasteiger partial charge in [-0.15, -0.1) is 0 Å². The molecule has 1 amide bonds. The number of hydrogen-bond acceptors (Lipinski definition) is 3. The Labute approximate surface area is 141 Å². The van der Waals surface area contributed by atoms with Crippen molar-refractivity contribution in [3.63, 3.8) is 0 Å². The second kappa shape index (κ2) is 7.93. The first-order chi connectivity index (χ1) is 11.7. The van der Waals surface area contributed by atoms with Crippen molar-refractivity contribution in [1.82, 2.24) is 9.88 Å². The third-order valence-corrected chi connectivity index (χ3v) is 4.32. The second-order valence-electron chi connectivity index (χ2n) is 6.17. The van der Waals surface area contributed by atoms with Crippen molar-refractivity contribution in [2.24, 2.45) is 5.92 Å². The number of nitrogens with one attached hydrogen (secondary N) is 1. The van der Waals surface area contributed by atoms with Crippen molar-refractivity contribution in [3.8, 4) is 0 Å². The van der Waals surface area contributed by atoms with Crippen LogP contribution in [0.1, 0.15) is 28.8 Å². The van der Waals surface area contributed by atoms with Crippen molar-refractivity contribution < 1.29 is 9.53 Å². The maximum Gasteiger partial charge on any atom is 0.260 e. The molecular formula is C19H22N2O3. The monoisotopic (exact) mass is 326 g/mol. The zero-order chi connectivity index (χ0) is 16.8. The lowest BCUT2D eigenvalue weighted by Crippen LogP contribution is -2.42. The number of ether oxygens (including phenoxy) is 1. The summed E-state index contributed by atoms with van der Waals surface area (Å²) >= 11 is 0. The van der Waals surface area contributed by atoms with Gasteiger partial charge in [-0.3, -0.25) is 9.59 Å². The molecule has 1 aromatic carbocycles. The van der Waals surface area contributed by atoms with E-state index in [1.165, 1.54) is 6.20 Å². The molecule has 1 fully saturated rings. The molecule has 1 aromatic heterocycles. The Morgan fingerprint density at radius 3 is 2.83 bits per heavy atom. The summed E-state index contributed by atoms with van der Waals surface area (Å²) in [6.07, 6.45) is 3.52. The Morgan fingerprint density at radius 2 is 2.04 bits per heavy atom. The van der Waals surface area contributed by atoms with Gasteiger partial charge in [0.15, 0.2) is 0 Å². The zero-order valence-electron chi connectivity index (χ0n) is 13.6. The number of piperidine rings is 1. The van der Waals surface area contributed by atoms with Crippen LogP contribution in [-0.2, 0) is 11.3 Å². The fourth-order valence-electron chi connectivity index (χ4n) is 3.06. The van der Waals surface area contributed by atoms with E-state index in [-0.39, 0.29) is 17.0 Å². The number of rotatable bonds is 5. The zero-order valence-corrected chi connectivity index (χ0v) is 13.6. The van der Waals surface area contributed by atoms with Crippen molar-refractivity contribution in [1.29, 1.82) is 0 Å². The lowest BCUT2D eigenvalue weighted by atomic mass is 9.98. The molecule has 0 saturated carbocycles. The largest absolute Gasteiger partial charge is 0.376 e. The molecule has 3 rings (SSSR count). The molecule has 1 aliphatic heterocycles. The number of aromatic amines is 1. The van der Waals surface area contributed by atoms with Crippen LogP contribution in [0.5, 0.6) is 0 Å². The highest BCUT2D eigenvalue weighted by Gasteiger charge is 2.25. The van der Waals surface area contributed by atoms with Gasteiger partial charge in [0.25, 0.3) is 11.5 Å². The average Bonchev–Trinajstić information content (AvgIpc) is 2.63. The number of pyridine rings is 1. The third-order valence-electron chi connectivity index (χ3n) is 4.32. The SMILES string of the molecule is O=C(c1ccc[nH]c1=O)N1CCCC(COCc2ccccc2)C1. The van der Waals surface area contributed by atoms with Gasteiger partial charge >= 0.3 is 0 Å². The van der Waals surface area contributed by atoms with Gasteiger partial charge < -0.3 is 14.6 Å². The van der Waals surface area contributed by atoms with Crippen molar-refractivity contribution in [2.75, 3.05) is 19.7 Å². The predicted octanol–water partition coefficient (Wildman–Crippen LogP) is 2.44. The van der Waals surface area contributed by atoms with E-state index in [0.717, 1.165) is 18.4 Å². The molecule has 1 N–H and O–H groups in total. The predicted molar refractivity (Wildman–Crippen MR) is 91.8 cm³/mol. The minimum absolute atomic E-state index is 0.190. The summed E-state index contributed by atoms with van der Waals surface area (Å²) < 4.78 is 5.81. The standard InChI is InChI=1S/C19H22N2O3/c22-18-17(9-4-10-20-18)19(23)21-11-5-8-16(12-21)14-24-13-15-6-2-1-3-7-15/h1-4,6-7,9-10,16H,5,8,11-14H2,(H,20,22). The van der Waals surface area contributed by atoms with Crippen LogP contribution in [0.4, 0.5) is 0 Å². The molecule has 2 heterocycles. The summed E-state index contributed by atoms with van der Waals surface area (Å²) in [5.74, 6) is 0.124. The van der Waals surface area contributed by atoms with E-state index in [1.807, 2.05) is 30.3 Å². The minimum Gasteiger partial charge on any atom is -0.376 e. The topological polar surface area (TPSA) is 62.4 Å². The molecule has 5 nitrogen and oxygen atoms in total. The third kappa shape index (κ3) is 4.11. The number of hydrogen-bond donors (Lipinski definition) is 1. The van der Waals surface area contributed by atoms with Crippen LogP contribution >= 0.6 is 0 Å². The fourth-order valence-corrected chi connectivity index (χ4v) is 3.06.